The number of halogens is 1. The number of aryl methyl sites for hydroxylation is 2. The first-order valence-corrected chi connectivity index (χ1v) is 6.23. The number of amides is 1. The van der Waals surface area contributed by atoms with E-state index in [1.165, 1.54) is 0 Å². The van der Waals surface area contributed by atoms with E-state index in [4.69, 9.17) is 5.73 Å². The molecule has 17 heavy (non-hydrogen) atoms. The average molecular weight is 303 g/mol. The number of nitrogens with two attached hydrogens (primary N) is 1. The molecular weight excluding hydrogens is 284 g/mol. The topological polar surface area (TPSA) is 72.9 Å². The molecule has 0 unspecified atom stereocenters. The fraction of sp³-hybridized carbons (Fsp3) is 0.636. The van der Waals surface area contributed by atoms with Crippen LogP contribution in [0.4, 0.5) is 0 Å². The van der Waals surface area contributed by atoms with Crippen molar-refractivity contribution < 1.29 is 4.79 Å². The van der Waals surface area contributed by atoms with Crippen LogP contribution in [0.25, 0.3) is 0 Å². The number of nitrogens with zero attached hydrogens (tertiary/aromatic N) is 2. The van der Waals surface area contributed by atoms with Gasteiger partial charge in [-0.3, -0.25) is 9.48 Å². The maximum atomic E-state index is 10.9. The standard InChI is InChI=1S/C11H19BrN4O/c1-7-10(12)8(16(4)15-7)6-14-11(2,3)5-9(13)17/h14H,5-6H2,1-4H3,(H2,13,17). The summed E-state index contributed by atoms with van der Waals surface area (Å²) in [4.78, 5) is 10.9. The van der Waals surface area contributed by atoms with E-state index in [1.807, 2.05) is 32.5 Å². The summed E-state index contributed by atoms with van der Waals surface area (Å²) in [6.45, 7) is 6.49. The molecule has 0 atom stereocenters. The van der Waals surface area contributed by atoms with E-state index in [2.05, 4.69) is 26.3 Å². The fourth-order valence-electron chi connectivity index (χ4n) is 1.69. The van der Waals surface area contributed by atoms with Crippen LogP contribution in [-0.2, 0) is 18.4 Å². The van der Waals surface area contributed by atoms with Crippen molar-refractivity contribution in [3.05, 3.63) is 15.9 Å². The third kappa shape index (κ3) is 3.81. The highest BCUT2D eigenvalue weighted by Crippen LogP contribution is 2.21. The SMILES string of the molecule is Cc1nn(C)c(CNC(C)(C)CC(N)=O)c1Br. The van der Waals surface area contributed by atoms with Gasteiger partial charge in [-0.2, -0.15) is 5.10 Å². The predicted octanol–water partition coefficient (Wildman–Crippen LogP) is 1.23. The van der Waals surface area contributed by atoms with Gasteiger partial charge in [-0.15, -0.1) is 0 Å². The molecule has 0 radical (unpaired) electrons. The maximum Gasteiger partial charge on any atom is 0.219 e. The number of rotatable bonds is 5. The van der Waals surface area contributed by atoms with Crippen LogP contribution in [-0.4, -0.2) is 21.2 Å². The number of aromatic nitrogens is 2. The monoisotopic (exact) mass is 302 g/mol. The van der Waals surface area contributed by atoms with Crippen LogP contribution >= 0.6 is 15.9 Å². The second-order valence-corrected chi connectivity index (χ2v) is 5.64. The molecule has 1 aromatic rings. The van der Waals surface area contributed by atoms with Crippen molar-refractivity contribution in [3.63, 3.8) is 0 Å². The summed E-state index contributed by atoms with van der Waals surface area (Å²) in [5, 5.41) is 7.62. The second-order valence-electron chi connectivity index (χ2n) is 4.85. The number of hydrogen-bond acceptors (Lipinski definition) is 3. The molecule has 1 amide bonds. The zero-order valence-electron chi connectivity index (χ0n) is 10.7. The lowest BCUT2D eigenvalue weighted by Gasteiger charge is -2.24. The average Bonchev–Trinajstić information content (AvgIpc) is 2.37. The van der Waals surface area contributed by atoms with E-state index in [-0.39, 0.29) is 11.4 Å². The summed E-state index contributed by atoms with van der Waals surface area (Å²) in [7, 11) is 1.90. The van der Waals surface area contributed by atoms with Crippen LogP contribution in [0.2, 0.25) is 0 Å². The minimum Gasteiger partial charge on any atom is -0.370 e. The molecule has 96 valence electrons. The quantitative estimate of drug-likeness (QED) is 0.859. The van der Waals surface area contributed by atoms with Crippen LogP contribution in [0.5, 0.6) is 0 Å². The number of hydrogen-bond donors (Lipinski definition) is 2. The van der Waals surface area contributed by atoms with Gasteiger partial charge in [0, 0.05) is 25.6 Å². The van der Waals surface area contributed by atoms with Gasteiger partial charge in [-0.1, -0.05) is 0 Å². The summed E-state index contributed by atoms with van der Waals surface area (Å²) in [6, 6.07) is 0. The van der Waals surface area contributed by atoms with Gasteiger partial charge >= 0.3 is 0 Å². The van der Waals surface area contributed by atoms with Crippen molar-refractivity contribution in [1.82, 2.24) is 15.1 Å². The Labute approximate surface area is 110 Å². The summed E-state index contributed by atoms with van der Waals surface area (Å²) < 4.78 is 2.83. The zero-order valence-corrected chi connectivity index (χ0v) is 12.3. The van der Waals surface area contributed by atoms with E-state index in [9.17, 15) is 4.79 Å². The Morgan fingerprint density at radius 2 is 2.18 bits per heavy atom. The van der Waals surface area contributed by atoms with Crippen molar-refractivity contribution in [2.45, 2.75) is 39.3 Å². The molecule has 0 saturated carbocycles. The minimum atomic E-state index is -0.316. The second kappa shape index (κ2) is 5.18. The molecule has 0 fully saturated rings. The molecule has 0 saturated heterocycles. The Bertz CT molecular complexity index is 425. The number of carbonyl (C=O) groups excluding carboxylic acids is 1. The van der Waals surface area contributed by atoms with Gasteiger partial charge in [0.25, 0.3) is 0 Å². The van der Waals surface area contributed by atoms with Crippen LogP contribution in [0.15, 0.2) is 4.47 Å². The van der Waals surface area contributed by atoms with Gasteiger partial charge in [0.05, 0.1) is 15.9 Å². The number of carbonyl (C=O) groups is 1. The molecule has 0 bridgehead atoms. The highest BCUT2D eigenvalue weighted by atomic mass is 79.9. The third-order valence-electron chi connectivity index (χ3n) is 2.61. The third-order valence-corrected chi connectivity index (χ3v) is 3.64. The van der Waals surface area contributed by atoms with Crippen molar-refractivity contribution in [2.24, 2.45) is 12.8 Å². The largest absolute Gasteiger partial charge is 0.370 e. The Kier molecular flexibility index (Phi) is 4.32. The van der Waals surface area contributed by atoms with E-state index < -0.39 is 0 Å². The van der Waals surface area contributed by atoms with Crippen molar-refractivity contribution >= 4 is 21.8 Å². The Balaban J connectivity index is 2.70. The molecule has 5 nitrogen and oxygen atoms in total. The van der Waals surface area contributed by atoms with Crippen molar-refractivity contribution in [1.29, 1.82) is 0 Å². The Hall–Kier alpha value is -0.880. The van der Waals surface area contributed by atoms with Crippen LogP contribution in [0, 0.1) is 6.92 Å². The van der Waals surface area contributed by atoms with E-state index in [0.29, 0.717) is 13.0 Å². The summed E-state index contributed by atoms with van der Waals surface area (Å²) in [5.74, 6) is -0.303. The smallest absolute Gasteiger partial charge is 0.219 e. The molecule has 1 rings (SSSR count). The first kappa shape index (κ1) is 14.2. The molecule has 0 spiro atoms. The van der Waals surface area contributed by atoms with Gasteiger partial charge < -0.3 is 11.1 Å². The summed E-state index contributed by atoms with van der Waals surface area (Å²) >= 11 is 3.50. The van der Waals surface area contributed by atoms with Gasteiger partial charge in [0.2, 0.25) is 5.91 Å². The van der Waals surface area contributed by atoms with Crippen LogP contribution in [0.3, 0.4) is 0 Å². The lowest BCUT2D eigenvalue weighted by atomic mass is 10.0. The van der Waals surface area contributed by atoms with Gasteiger partial charge in [-0.05, 0) is 36.7 Å². The van der Waals surface area contributed by atoms with Crippen LogP contribution in [0.1, 0.15) is 31.7 Å². The minimum absolute atomic E-state index is 0.303. The highest BCUT2D eigenvalue weighted by Gasteiger charge is 2.21. The van der Waals surface area contributed by atoms with Crippen molar-refractivity contribution in [2.75, 3.05) is 0 Å². The lowest BCUT2D eigenvalue weighted by Crippen LogP contribution is -2.42. The number of nitrogens with one attached hydrogen (secondary N) is 1. The summed E-state index contributed by atoms with van der Waals surface area (Å²) in [6.07, 6.45) is 0.307. The van der Waals surface area contributed by atoms with Gasteiger partial charge in [0.15, 0.2) is 0 Å². The molecular formula is C11H19BrN4O. The molecule has 0 aromatic carbocycles. The Morgan fingerprint density at radius 1 is 1.59 bits per heavy atom. The Morgan fingerprint density at radius 3 is 2.59 bits per heavy atom. The molecule has 1 heterocycles. The zero-order chi connectivity index (χ0) is 13.2. The van der Waals surface area contributed by atoms with Crippen LogP contribution < -0.4 is 11.1 Å². The molecule has 1 aromatic heterocycles. The normalized spacial score (nSPS) is 11.8. The molecule has 0 aliphatic heterocycles. The predicted molar refractivity (Wildman–Crippen MR) is 70.4 cm³/mol. The fourth-order valence-corrected chi connectivity index (χ4v) is 2.17. The molecule has 0 aliphatic rings. The van der Waals surface area contributed by atoms with Crippen molar-refractivity contribution in [3.8, 4) is 0 Å². The lowest BCUT2D eigenvalue weighted by molar-refractivity contribution is -0.119. The van der Waals surface area contributed by atoms with E-state index >= 15 is 0 Å². The van der Waals surface area contributed by atoms with E-state index in [1.54, 1.807) is 0 Å². The molecule has 6 heteroatoms. The maximum absolute atomic E-state index is 10.9. The summed E-state index contributed by atoms with van der Waals surface area (Å²) in [5.41, 5.74) is 6.90. The first-order valence-electron chi connectivity index (χ1n) is 5.44. The number of primary amides is 1. The molecule has 0 aliphatic carbocycles. The molecule has 3 N–H and O–H groups in total. The first-order chi connectivity index (χ1) is 7.73. The van der Waals surface area contributed by atoms with Gasteiger partial charge in [0.1, 0.15) is 0 Å². The van der Waals surface area contributed by atoms with Gasteiger partial charge in [-0.25, -0.2) is 0 Å². The highest BCUT2D eigenvalue weighted by molar-refractivity contribution is 9.10. The van der Waals surface area contributed by atoms with E-state index in [0.717, 1.165) is 15.9 Å².